The number of ether oxygens (including phenoxy) is 1. The van der Waals surface area contributed by atoms with Gasteiger partial charge < -0.3 is 15.0 Å². The first-order chi connectivity index (χ1) is 17.4. The van der Waals surface area contributed by atoms with Crippen LogP contribution >= 0.6 is 0 Å². The second kappa shape index (κ2) is 9.46. The maximum absolute atomic E-state index is 13.1. The summed E-state index contributed by atoms with van der Waals surface area (Å²) in [5.74, 6) is -1.63. The summed E-state index contributed by atoms with van der Waals surface area (Å²) in [6.07, 6.45) is 1.17. The third kappa shape index (κ3) is 4.19. The first-order valence-corrected chi connectivity index (χ1v) is 12.1. The summed E-state index contributed by atoms with van der Waals surface area (Å²) in [5, 5.41) is 0.758. The molecule has 2 unspecified atom stereocenters. The van der Waals surface area contributed by atoms with E-state index in [9.17, 15) is 14.4 Å². The molecule has 36 heavy (non-hydrogen) atoms. The van der Waals surface area contributed by atoms with Crippen molar-refractivity contribution in [2.24, 2.45) is 11.7 Å². The van der Waals surface area contributed by atoms with Crippen LogP contribution in [-0.2, 0) is 20.9 Å². The summed E-state index contributed by atoms with van der Waals surface area (Å²) in [4.78, 5) is 37.0. The molecule has 5 rings (SSSR count). The minimum absolute atomic E-state index is 0.124. The molecule has 2 N–H and O–H groups in total. The van der Waals surface area contributed by atoms with Crippen LogP contribution < -0.4 is 5.73 Å². The van der Waals surface area contributed by atoms with Crippen molar-refractivity contribution < 1.29 is 19.1 Å². The number of carbonyl (C=O) groups excluding carboxylic acids is 3. The second-order valence-electron chi connectivity index (χ2n) is 9.39. The van der Waals surface area contributed by atoms with Crippen molar-refractivity contribution in [3.05, 3.63) is 95.2 Å². The molecule has 0 spiro atoms. The summed E-state index contributed by atoms with van der Waals surface area (Å²) >= 11 is 0. The molecule has 1 fully saturated rings. The average molecular weight is 481 g/mol. The average Bonchev–Trinajstić information content (AvgIpc) is 3.60. The lowest BCUT2D eigenvalue weighted by molar-refractivity contribution is -0.141. The number of Topliss-reactive ketones (excluding diaryl/α,β-unsaturated/α-hetero) is 1. The van der Waals surface area contributed by atoms with E-state index in [1.807, 2.05) is 55.5 Å². The monoisotopic (exact) mass is 480 g/mol. The van der Waals surface area contributed by atoms with Gasteiger partial charge in [0.05, 0.1) is 12.7 Å². The van der Waals surface area contributed by atoms with Gasteiger partial charge >= 0.3 is 5.97 Å². The Morgan fingerprint density at radius 3 is 2.42 bits per heavy atom. The molecule has 1 heterocycles. The zero-order valence-corrected chi connectivity index (χ0v) is 20.4. The van der Waals surface area contributed by atoms with Gasteiger partial charge in [-0.1, -0.05) is 66.7 Å². The number of hydrogen-bond acceptors (Lipinski definition) is 4. The molecule has 2 atom stereocenters. The van der Waals surface area contributed by atoms with E-state index >= 15 is 0 Å². The lowest BCUT2D eigenvalue weighted by Gasteiger charge is -2.14. The number of rotatable bonds is 8. The van der Waals surface area contributed by atoms with E-state index in [0.29, 0.717) is 24.2 Å². The third-order valence-electron chi connectivity index (χ3n) is 7.24. The molecular weight excluding hydrogens is 452 g/mol. The van der Waals surface area contributed by atoms with Crippen LogP contribution in [0, 0.1) is 12.8 Å². The van der Waals surface area contributed by atoms with Crippen LogP contribution in [0.4, 0.5) is 0 Å². The Morgan fingerprint density at radius 1 is 0.972 bits per heavy atom. The number of hydrogen-bond donors (Lipinski definition) is 1. The van der Waals surface area contributed by atoms with Gasteiger partial charge in [-0.05, 0) is 53.5 Å². The predicted molar refractivity (Wildman–Crippen MR) is 139 cm³/mol. The number of fused-ring (bicyclic) bond motifs is 1. The van der Waals surface area contributed by atoms with Gasteiger partial charge in [-0.25, -0.2) is 0 Å². The quantitative estimate of drug-likeness (QED) is 0.218. The first-order valence-electron chi connectivity index (χ1n) is 12.1. The minimum Gasteiger partial charge on any atom is -0.469 e. The second-order valence-corrected chi connectivity index (χ2v) is 9.39. The fraction of sp³-hybridized carbons (Fsp3) is 0.233. The number of methoxy groups -OCH3 is 1. The van der Waals surface area contributed by atoms with Crippen molar-refractivity contribution in [2.75, 3.05) is 7.11 Å². The van der Waals surface area contributed by atoms with Gasteiger partial charge in [-0.3, -0.25) is 14.4 Å². The zero-order chi connectivity index (χ0) is 25.4. The SMILES string of the molecule is COC(=O)CC1CC1c1cccc2c1c(C(=O)C(N)=O)c(C)n2Cc1ccccc1-c1ccccc1. The summed E-state index contributed by atoms with van der Waals surface area (Å²) in [6.45, 7) is 2.39. The van der Waals surface area contributed by atoms with Crippen molar-refractivity contribution in [3.63, 3.8) is 0 Å². The highest BCUT2D eigenvalue weighted by Gasteiger charge is 2.42. The topological polar surface area (TPSA) is 91.4 Å². The summed E-state index contributed by atoms with van der Waals surface area (Å²) in [7, 11) is 1.39. The van der Waals surface area contributed by atoms with E-state index in [4.69, 9.17) is 10.5 Å². The lowest BCUT2D eigenvalue weighted by atomic mass is 9.97. The molecule has 0 aliphatic heterocycles. The van der Waals surface area contributed by atoms with Gasteiger partial charge in [0.1, 0.15) is 0 Å². The normalized spacial score (nSPS) is 16.6. The van der Waals surface area contributed by atoms with E-state index in [2.05, 4.69) is 28.8 Å². The van der Waals surface area contributed by atoms with Gasteiger partial charge in [-0.2, -0.15) is 0 Å². The fourth-order valence-corrected chi connectivity index (χ4v) is 5.34. The summed E-state index contributed by atoms with van der Waals surface area (Å²) in [6, 6.07) is 24.3. The molecule has 182 valence electrons. The maximum Gasteiger partial charge on any atom is 0.305 e. The van der Waals surface area contributed by atoms with Crippen molar-refractivity contribution in [1.29, 1.82) is 0 Å². The Kier molecular flexibility index (Phi) is 6.18. The predicted octanol–water partition coefficient (Wildman–Crippen LogP) is 5.00. The Labute approximate surface area is 209 Å². The lowest BCUT2D eigenvalue weighted by Crippen LogP contribution is -2.24. The highest BCUT2D eigenvalue weighted by Crippen LogP contribution is 2.52. The van der Waals surface area contributed by atoms with Crippen LogP contribution in [0.3, 0.4) is 0 Å². The van der Waals surface area contributed by atoms with Crippen LogP contribution in [0.15, 0.2) is 72.8 Å². The number of aromatic nitrogens is 1. The van der Waals surface area contributed by atoms with E-state index in [1.165, 1.54) is 7.11 Å². The van der Waals surface area contributed by atoms with Crippen LogP contribution in [0.2, 0.25) is 0 Å². The van der Waals surface area contributed by atoms with Crippen molar-refractivity contribution >= 4 is 28.6 Å². The van der Waals surface area contributed by atoms with Crippen molar-refractivity contribution in [2.45, 2.75) is 32.2 Å². The fourth-order valence-electron chi connectivity index (χ4n) is 5.34. The smallest absolute Gasteiger partial charge is 0.305 e. The highest BCUT2D eigenvalue weighted by molar-refractivity contribution is 6.45. The van der Waals surface area contributed by atoms with Crippen LogP contribution in [0.25, 0.3) is 22.0 Å². The summed E-state index contributed by atoms with van der Waals surface area (Å²) in [5.41, 5.74) is 11.7. The number of nitrogens with two attached hydrogens (primary N) is 1. The molecule has 1 aliphatic carbocycles. The van der Waals surface area contributed by atoms with Crippen molar-refractivity contribution in [3.8, 4) is 11.1 Å². The highest BCUT2D eigenvalue weighted by atomic mass is 16.5. The zero-order valence-electron chi connectivity index (χ0n) is 20.4. The van der Waals surface area contributed by atoms with Gasteiger partial charge in [-0.15, -0.1) is 0 Å². The molecule has 1 saturated carbocycles. The Hall–Kier alpha value is -4.19. The van der Waals surface area contributed by atoms with E-state index in [1.54, 1.807) is 0 Å². The van der Waals surface area contributed by atoms with E-state index in [-0.39, 0.29) is 17.8 Å². The number of benzene rings is 3. The van der Waals surface area contributed by atoms with Gasteiger partial charge in [0.2, 0.25) is 0 Å². The number of esters is 1. The molecule has 0 saturated heterocycles. The van der Waals surface area contributed by atoms with Gasteiger partial charge in [0.25, 0.3) is 11.7 Å². The molecule has 0 radical (unpaired) electrons. The maximum atomic E-state index is 13.1. The number of amides is 1. The van der Waals surface area contributed by atoms with Crippen molar-refractivity contribution in [1.82, 2.24) is 4.57 Å². The number of nitrogens with zero attached hydrogens (tertiary/aromatic N) is 1. The summed E-state index contributed by atoms with van der Waals surface area (Å²) < 4.78 is 6.94. The third-order valence-corrected chi connectivity index (χ3v) is 7.24. The first kappa shape index (κ1) is 23.5. The molecule has 6 nitrogen and oxygen atoms in total. The molecule has 1 aromatic heterocycles. The van der Waals surface area contributed by atoms with Crippen LogP contribution in [0.5, 0.6) is 0 Å². The Balaban J connectivity index is 1.64. The number of ketones is 1. The molecular formula is C30H28N2O4. The van der Waals surface area contributed by atoms with Gasteiger partial charge in [0, 0.05) is 29.6 Å². The van der Waals surface area contributed by atoms with Crippen LogP contribution in [0.1, 0.15) is 45.9 Å². The van der Waals surface area contributed by atoms with Gasteiger partial charge in [0.15, 0.2) is 0 Å². The molecule has 3 aromatic carbocycles. The molecule has 4 aromatic rings. The Morgan fingerprint density at radius 2 is 1.69 bits per heavy atom. The number of primary amides is 1. The molecule has 6 heteroatoms. The molecule has 1 aliphatic rings. The largest absolute Gasteiger partial charge is 0.469 e. The van der Waals surface area contributed by atoms with Crippen LogP contribution in [-0.4, -0.2) is 29.3 Å². The standard InChI is InChI=1S/C30H28N2O4/c1-18-27(29(34)30(31)35)28-23(24-15-21(24)16-26(33)36-2)13-8-14-25(28)32(18)17-20-11-6-7-12-22(20)19-9-4-3-5-10-19/h3-14,21,24H,15-17H2,1-2H3,(H2,31,35). The number of carbonyl (C=O) groups is 3. The molecule has 1 amide bonds. The minimum atomic E-state index is -0.974. The van der Waals surface area contributed by atoms with E-state index in [0.717, 1.165) is 39.6 Å². The molecule has 0 bridgehead atoms. The Bertz CT molecular complexity index is 1490. The van der Waals surface area contributed by atoms with E-state index < -0.39 is 11.7 Å².